The van der Waals surface area contributed by atoms with Gasteiger partial charge in [0.15, 0.2) is 31.5 Å². The molecule has 0 saturated carbocycles. The van der Waals surface area contributed by atoms with Gasteiger partial charge in [0.25, 0.3) is 0 Å². The maximum Gasteiger partial charge on any atom is 0.175 e. The number of benzene rings is 4. The van der Waals surface area contributed by atoms with Crippen molar-refractivity contribution in [3.05, 3.63) is 168 Å². The van der Waals surface area contributed by atoms with Crippen LogP contribution in [0.5, 0.6) is 0 Å². The van der Waals surface area contributed by atoms with Crippen LogP contribution in [0.2, 0.25) is 0 Å². The van der Waals surface area contributed by atoms with Crippen molar-refractivity contribution in [1.82, 2.24) is 0 Å². The lowest BCUT2D eigenvalue weighted by Crippen LogP contribution is -2.65. The molecule has 15 heteroatoms. The summed E-state index contributed by atoms with van der Waals surface area (Å²) in [6.07, 6.45) is 2.10. The van der Waals surface area contributed by atoms with Crippen LogP contribution in [-0.4, -0.2) is 122 Å². The zero-order valence-corrected chi connectivity index (χ0v) is 49.0. The molecule has 4 aromatic rings. The summed E-state index contributed by atoms with van der Waals surface area (Å²) in [4.78, 5) is 0. The zero-order valence-electron chi connectivity index (χ0n) is 49.0. The molecule has 446 valence electrons. The van der Waals surface area contributed by atoms with Gasteiger partial charge in [-0.25, -0.2) is 0 Å². The van der Waals surface area contributed by atoms with E-state index in [1.807, 2.05) is 130 Å². The van der Waals surface area contributed by atoms with E-state index in [9.17, 15) is 10.2 Å². The molecule has 4 aromatic carbocycles. The number of rotatable bonds is 32. The summed E-state index contributed by atoms with van der Waals surface area (Å²) in [6, 6.07) is 39.5. The van der Waals surface area contributed by atoms with Crippen LogP contribution in [0.3, 0.4) is 0 Å². The van der Waals surface area contributed by atoms with Crippen molar-refractivity contribution in [2.45, 2.75) is 224 Å². The largest absolute Gasteiger partial charge is 0.370 e. The van der Waals surface area contributed by atoms with E-state index in [0.717, 1.165) is 35.1 Å². The van der Waals surface area contributed by atoms with E-state index in [-0.39, 0.29) is 36.8 Å². The number of hydrogen-bond donors (Lipinski definition) is 3. The Bertz CT molecular complexity index is 2370. The van der Waals surface area contributed by atoms with E-state index in [0.29, 0.717) is 52.1 Å². The molecule has 7 rings (SSSR count). The molecule has 0 aromatic heterocycles. The smallest absolute Gasteiger partial charge is 0.175 e. The van der Waals surface area contributed by atoms with Crippen molar-refractivity contribution in [3.63, 3.8) is 0 Å². The molecular formula is C66H93NO14. The summed E-state index contributed by atoms with van der Waals surface area (Å²) < 4.78 is 78.3. The summed E-state index contributed by atoms with van der Waals surface area (Å²) in [7, 11) is 1.58. The van der Waals surface area contributed by atoms with Crippen LogP contribution in [0.25, 0.3) is 0 Å². The third kappa shape index (κ3) is 19.1. The number of aliphatic hydroxyl groups is 2. The van der Waals surface area contributed by atoms with Gasteiger partial charge in [-0.1, -0.05) is 194 Å². The minimum atomic E-state index is -1.36. The molecule has 3 aliphatic rings. The lowest BCUT2D eigenvalue weighted by atomic mass is 9.90. The van der Waals surface area contributed by atoms with E-state index in [1.165, 1.54) is 0 Å². The fourth-order valence-corrected chi connectivity index (χ4v) is 10.9. The molecule has 3 saturated heterocycles. The lowest BCUT2D eigenvalue weighted by Gasteiger charge is -2.49. The molecule has 0 amide bonds. The maximum absolute atomic E-state index is 11.6. The summed E-state index contributed by atoms with van der Waals surface area (Å²) in [5.41, 5.74) is 10.9. The van der Waals surface area contributed by atoms with Gasteiger partial charge in [-0.15, -0.1) is 0 Å². The van der Waals surface area contributed by atoms with Gasteiger partial charge >= 0.3 is 0 Å². The average molecular weight is 1120 g/mol. The van der Waals surface area contributed by atoms with Crippen molar-refractivity contribution < 1.29 is 67.1 Å². The van der Waals surface area contributed by atoms with Gasteiger partial charge in [-0.05, 0) is 60.9 Å². The molecule has 19 unspecified atom stereocenters. The van der Waals surface area contributed by atoms with Gasteiger partial charge in [-0.2, -0.15) is 0 Å². The normalized spacial score (nSPS) is 30.6. The van der Waals surface area contributed by atoms with Gasteiger partial charge in [0.1, 0.15) is 24.4 Å². The Labute approximate surface area is 482 Å². The highest BCUT2D eigenvalue weighted by Crippen LogP contribution is 2.38. The van der Waals surface area contributed by atoms with Crippen LogP contribution in [0.1, 0.15) is 116 Å². The van der Waals surface area contributed by atoms with Gasteiger partial charge in [0.05, 0.1) is 75.2 Å². The number of methoxy groups -OCH3 is 1. The molecule has 3 aliphatic heterocycles. The van der Waals surface area contributed by atoms with Crippen LogP contribution in [0, 0.1) is 11.8 Å². The summed E-state index contributed by atoms with van der Waals surface area (Å²) in [5.74, 6) is -0.550. The first-order chi connectivity index (χ1) is 39.4. The first-order valence-electron chi connectivity index (χ1n) is 29.6. The summed E-state index contributed by atoms with van der Waals surface area (Å²) in [5, 5.41) is 22.9. The minimum absolute atomic E-state index is 0.158. The summed E-state index contributed by atoms with van der Waals surface area (Å²) in [6.45, 7) is 15.8. The number of aliphatic hydroxyl groups excluding tert-OH is 2. The Morgan fingerprint density at radius 3 is 1.52 bits per heavy atom. The lowest BCUT2D eigenvalue weighted by molar-refractivity contribution is -0.345. The molecular weight excluding hydrogens is 1030 g/mol. The predicted octanol–water partition coefficient (Wildman–Crippen LogP) is 10.9. The fourth-order valence-electron chi connectivity index (χ4n) is 10.9. The molecule has 15 nitrogen and oxygen atoms in total. The van der Waals surface area contributed by atoms with Crippen LogP contribution >= 0.6 is 0 Å². The second-order valence-electron chi connectivity index (χ2n) is 21.7. The Morgan fingerprint density at radius 2 is 1.01 bits per heavy atom. The highest BCUT2D eigenvalue weighted by atomic mass is 16.7. The Balaban J connectivity index is 0.975. The van der Waals surface area contributed by atoms with Gasteiger partial charge in [0, 0.05) is 25.4 Å². The second-order valence-corrected chi connectivity index (χ2v) is 21.7. The second kappa shape index (κ2) is 33.9. The maximum atomic E-state index is 11.6. The molecule has 0 radical (unpaired) electrons. The zero-order chi connectivity index (χ0) is 57.5. The van der Waals surface area contributed by atoms with E-state index < -0.39 is 86.1 Å². The Hall–Kier alpha value is -4.24. The molecule has 0 bridgehead atoms. The number of nitrogens with two attached hydrogens (primary N) is 1. The quantitative estimate of drug-likeness (QED) is 0.0311. The van der Waals surface area contributed by atoms with Crippen LogP contribution in [0.15, 0.2) is 146 Å². The van der Waals surface area contributed by atoms with Crippen LogP contribution in [0.4, 0.5) is 0 Å². The number of hydrogen-bond acceptors (Lipinski definition) is 15. The third-order valence-corrected chi connectivity index (χ3v) is 15.6. The van der Waals surface area contributed by atoms with Gasteiger partial charge < -0.3 is 72.8 Å². The van der Waals surface area contributed by atoms with Crippen molar-refractivity contribution in [2.24, 2.45) is 17.6 Å². The molecule has 81 heavy (non-hydrogen) atoms. The minimum Gasteiger partial charge on any atom is -0.370 e. The van der Waals surface area contributed by atoms with Gasteiger partial charge in [0.2, 0.25) is 0 Å². The molecule has 3 fully saturated rings. The highest BCUT2D eigenvalue weighted by Gasteiger charge is 2.51. The fraction of sp³-hybridized carbons (Fsp3) is 0.576. The Morgan fingerprint density at radius 1 is 0.531 bits per heavy atom. The van der Waals surface area contributed by atoms with Crippen molar-refractivity contribution in [2.75, 3.05) is 7.11 Å². The number of ether oxygens (including phenoxy) is 12. The van der Waals surface area contributed by atoms with Crippen molar-refractivity contribution in [1.29, 1.82) is 0 Å². The monoisotopic (exact) mass is 1120 g/mol. The van der Waals surface area contributed by atoms with Crippen molar-refractivity contribution >= 4 is 0 Å². The standard InChI is InChI=1S/C66H93NO14/c1-9-13-35-52(76-55(68)37-26-36-51(10-2)77-65-45(6)59(72-41-48-29-20-15-21-30-48)61(53(11-3)78-65)73-42-49-31-22-16-23-32-49)38-39-56(69)80-60-46(7)75-64(44(5)58(60)71-40-47-27-18-14-19-28-47)81-62-54(12-4)79-66(70-8)57(67)63(62)74-43-50-33-24-17-25-34-50/h14-34,36,38-39,44-46,51-66,68-69H,9-13,35,37,40-43,67H2,1-8H3. The third-order valence-electron chi connectivity index (χ3n) is 15.6. The van der Waals surface area contributed by atoms with Crippen LogP contribution < -0.4 is 5.73 Å². The van der Waals surface area contributed by atoms with E-state index >= 15 is 0 Å². The van der Waals surface area contributed by atoms with E-state index in [2.05, 4.69) is 52.0 Å². The topological polar surface area (TPSA) is 177 Å². The average Bonchev–Trinajstić information content (AvgIpc) is 3.56. The molecule has 19 atom stereocenters. The first-order valence-corrected chi connectivity index (χ1v) is 29.6. The van der Waals surface area contributed by atoms with E-state index in [1.54, 1.807) is 19.3 Å². The van der Waals surface area contributed by atoms with Crippen LogP contribution in [-0.2, 0) is 83.3 Å². The first kappa shape index (κ1) is 64.3. The molecule has 0 aliphatic carbocycles. The number of unbranched alkanes of at least 4 members (excludes halogenated alkanes) is 1. The SMILES string of the molecule is CCCCC(C=CC(O)OC1C(C)OC(OC2C(CC)OC(OC)C(N)C2OCc2ccccc2)C(C)C1OCc1ccccc1)OC(O)CC=CC(CC)OC1OC(CC)C(OCc2ccccc2)C(OCc2ccccc2)C1C. The van der Waals surface area contributed by atoms with E-state index in [4.69, 9.17) is 62.6 Å². The van der Waals surface area contributed by atoms with Gasteiger partial charge in [-0.3, -0.25) is 0 Å². The molecule has 3 heterocycles. The molecule has 4 N–H and O–H groups in total. The Kier molecular flexibility index (Phi) is 26.9. The molecule has 0 spiro atoms. The predicted molar refractivity (Wildman–Crippen MR) is 310 cm³/mol. The van der Waals surface area contributed by atoms with Crippen molar-refractivity contribution in [3.8, 4) is 0 Å². The highest BCUT2D eigenvalue weighted by molar-refractivity contribution is 5.16. The summed E-state index contributed by atoms with van der Waals surface area (Å²) >= 11 is 0.